The van der Waals surface area contributed by atoms with E-state index in [4.69, 9.17) is 0 Å². The lowest BCUT2D eigenvalue weighted by Crippen LogP contribution is -2.34. The number of nitrogens with zero attached hydrogens (tertiary/aromatic N) is 1. The summed E-state index contributed by atoms with van der Waals surface area (Å²) in [5, 5.41) is 3.00. The zero-order chi connectivity index (χ0) is 19.7. The molecule has 2 heterocycles. The van der Waals surface area contributed by atoms with Crippen LogP contribution in [0.3, 0.4) is 0 Å². The summed E-state index contributed by atoms with van der Waals surface area (Å²) in [5.41, 5.74) is 2.89. The lowest BCUT2D eigenvalue weighted by molar-refractivity contribution is -0.116. The van der Waals surface area contributed by atoms with Gasteiger partial charge < -0.3 is 5.32 Å². The first-order chi connectivity index (χ1) is 13.4. The molecule has 0 spiro atoms. The van der Waals surface area contributed by atoms with Crippen molar-refractivity contribution >= 4 is 39.0 Å². The first-order valence-corrected chi connectivity index (χ1v) is 11.6. The molecule has 1 N–H and O–H groups in total. The van der Waals surface area contributed by atoms with Gasteiger partial charge in [0.1, 0.15) is 0 Å². The second-order valence-corrected chi connectivity index (χ2v) is 10.5. The maximum absolute atomic E-state index is 13.1. The molecule has 0 aliphatic carbocycles. The largest absolute Gasteiger partial charge is 0.325 e. The summed E-state index contributed by atoms with van der Waals surface area (Å²) in [6.07, 6.45) is 3.08. The van der Waals surface area contributed by atoms with Crippen LogP contribution in [0.5, 0.6) is 0 Å². The van der Waals surface area contributed by atoms with Crippen LogP contribution < -0.4 is 5.32 Å². The molecule has 5 nitrogen and oxygen atoms in total. The number of hydrogen-bond acceptors (Lipinski definition) is 4. The van der Waals surface area contributed by atoms with E-state index in [0.717, 1.165) is 10.5 Å². The standard InChI is InChI=1S/C21H22N2O3S2/c1-15-13-21(24)22-19-14-18(7-8-20(19)27-15)28(25,26)23-11-9-17(10-12-23)16-5-3-2-4-6-16/h2-9,14-15H,10-13H2,1H3,(H,22,24)/t15-/m1/s1. The van der Waals surface area contributed by atoms with Crippen LogP contribution in [-0.2, 0) is 14.8 Å². The van der Waals surface area contributed by atoms with E-state index < -0.39 is 10.0 Å². The van der Waals surface area contributed by atoms with Gasteiger partial charge in [-0.1, -0.05) is 43.3 Å². The molecule has 0 fully saturated rings. The number of thioether (sulfide) groups is 1. The molecule has 2 aromatic rings. The Morgan fingerprint density at radius 1 is 1.14 bits per heavy atom. The van der Waals surface area contributed by atoms with Gasteiger partial charge in [0.15, 0.2) is 0 Å². The summed E-state index contributed by atoms with van der Waals surface area (Å²) >= 11 is 1.59. The van der Waals surface area contributed by atoms with E-state index in [1.54, 1.807) is 30.0 Å². The first-order valence-electron chi connectivity index (χ1n) is 9.28. The summed E-state index contributed by atoms with van der Waals surface area (Å²) in [6.45, 7) is 2.79. The molecule has 2 aromatic carbocycles. The molecule has 1 atom stereocenters. The molecule has 0 saturated carbocycles. The molecular weight excluding hydrogens is 392 g/mol. The molecule has 0 unspecified atom stereocenters. The first kappa shape index (κ1) is 19.2. The lowest BCUT2D eigenvalue weighted by Gasteiger charge is -2.26. The Labute approximate surface area is 169 Å². The van der Waals surface area contributed by atoms with Crippen molar-refractivity contribution in [3.05, 3.63) is 60.2 Å². The van der Waals surface area contributed by atoms with Crippen molar-refractivity contribution < 1.29 is 13.2 Å². The second-order valence-electron chi connectivity index (χ2n) is 7.05. The molecule has 0 aromatic heterocycles. The van der Waals surface area contributed by atoms with E-state index in [9.17, 15) is 13.2 Å². The predicted molar refractivity (Wildman–Crippen MR) is 113 cm³/mol. The minimum absolute atomic E-state index is 0.0818. The average Bonchev–Trinajstić information content (AvgIpc) is 2.84. The van der Waals surface area contributed by atoms with E-state index in [1.165, 1.54) is 9.88 Å². The van der Waals surface area contributed by atoms with Crippen LogP contribution in [0, 0.1) is 0 Å². The summed E-state index contributed by atoms with van der Waals surface area (Å²) < 4.78 is 27.7. The zero-order valence-electron chi connectivity index (χ0n) is 15.6. The molecule has 7 heteroatoms. The Morgan fingerprint density at radius 2 is 1.93 bits per heavy atom. The second kappa shape index (κ2) is 7.73. The van der Waals surface area contributed by atoms with Crippen LogP contribution in [0.2, 0.25) is 0 Å². The third kappa shape index (κ3) is 3.87. The van der Waals surface area contributed by atoms with Crippen LogP contribution in [0.1, 0.15) is 25.3 Å². The molecule has 0 bridgehead atoms. The summed E-state index contributed by atoms with van der Waals surface area (Å²) in [5.74, 6) is -0.0818. The number of benzene rings is 2. The van der Waals surface area contributed by atoms with Crippen molar-refractivity contribution in [1.82, 2.24) is 4.31 Å². The Bertz CT molecular complexity index is 1030. The molecule has 146 valence electrons. The van der Waals surface area contributed by atoms with Gasteiger partial charge >= 0.3 is 0 Å². The number of nitrogens with one attached hydrogen (secondary N) is 1. The number of amides is 1. The van der Waals surface area contributed by atoms with Crippen molar-refractivity contribution in [2.75, 3.05) is 18.4 Å². The van der Waals surface area contributed by atoms with Crippen LogP contribution in [0.15, 0.2) is 64.4 Å². The third-order valence-electron chi connectivity index (χ3n) is 4.98. The Morgan fingerprint density at radius 3 is 2.64 bits per heavy atom. The molecule has 0 saturated heterocycles. The Balaban J connectivity index is 1.58. The predicted octanol–water partition coefficient (Wildman–Crippen LogP) is 3.99. The zero-order valence-corrected chi connectivity index (χ0v) is 17.2. The summed E-state index contributed by atoms with van der Waals surface area (Å²) in [7, 11) is -3.62. The van der Waals surface area contributed by atoms with Gasteiger partial charge in [-0.25, -0.2) is 8.42 Å². The molecule has 2 aliphatic rings. The van der Waals surface area contributed by atoms with Gasteiger partial charge in [-0.05, 0) is 35.8 Å². The number of fused-ring (bicyclic) bond motifs is 1. The smallest absolute Gasteiger partial charge is 0.243 e. The lowest BCUT2D eigenvalue weighted by atomic mass is 10.0. The van der Waals surface area contributed by atoms with Gasteiger partial charge in [0.05, 0.1) is 10.6 Å². The van der Waals surface area contributed by atoms with Crippen molar-refractivity contribution in [3.8, 4) is 0 Å². The van der Waals surface area contributed by atoms with Gasteiger partial charge in [0, 0.05) is 29.7 Å². The normalized spacial score (nSPS) is 20.7. The number of anilines is 1. The average molecular weight is 415 g/mol. The highest BCUT2D eigenvalue weighted by Crippen LogP contribution is 2.37. The van der Waals surface area contributed by atoms with Crippen molar-refractivity contribution in [1.29, 1.82) is 0 Å². The SMILES string of the molecule is C[C@@H]1CC(=O)Nc2cc(S(=O)(=O)N3CC=C(c4ccccc4)CC3)ccc2S1. The van der Waals surface area contributed by atoms with Crippen molar-refractivity contribution in [2.24, 2.45) is 0 Å². The molecular formula is C21H22N2O3S2. The maximum Gasteiger partial charge on any atom is 0.243 e. The Hall–Kier alpha value is -2.09. The van der Waals surface area contributed by atoms with Gasteiger partial charge in [0.25, 0.3) is 0 Å². The van der Waals surface area contributed by atoms with Crippen LogP contribution in [0.25, 0.3) is 5.57 Å². The highest BCUT2D eigenvalue weighted by molar-refractivity contribution is 8.00. The van der Waals surface area contributed by atoms with Crippen LogP contribution in [0.4, 0.5) is 5.69 Å². The number of carbonyl (C=O) groups is 1. The fourth-order valence-corrected chi connectivity index (χ4v) is 5.98. The quantitative estimate of drug-likeness (QED) is 0.825. The van der Waals surface area contributed by atoms with E-state index in [2.05, 4.69) is 5.32 Å². The topological polar surface area (TPSA) is 66.5 Å². The number of sulfonamides is 1. The van der Waals surface area contributed by atoms with Gasteiger partial charge in [-0.3, -0.25) is 4.79 Å². The summed E-state index contributed by atoms with van der Waals surface area (Å²) in [6, 6.07) is 15.1. The van der Waals surface area contributed by atoms with Gasteiger partial charge in [-0.2, -0.15) is 4.31 Å². The number of carbonyl (C=O) groups excluding carboxylic acids is 1. The third-order valence-corrected chi connectivity index (χ3v) is 8.02. The highest BCUT2D eigenvalue weighted by Gasteiger charge is 2.28. The Kier molecular flexibility index (Phi) is 5.31. The summed E-state index contributed by atoms with van der Waals surface area (Å²) in [4.78, 5) is 13.1. The number of hydrogen-bond donors (Lipinski definition) is 1. The maximum atomic E-state index is 13.1. The van der Waals surface area contributed by atoms with Crippen molar-refractivity contribution in [2.45, 2.75) is 34.8 Å². The minimum atomic E-state index is -3.62. The molecule has 2 aliphatic heterocycles. The molecule has 28 heavy (non-hydrogen) atoms. The monoisotopic (exact) mass is 414 g/mol. The van der Waals surface area contributed by atoms with E-state index in [-0.39, 0.29) is 16.1 Å². The van der Waals surface area contributed by atoms with Gasteiger partial charge in [-0.15, -0.1) is 11.8 Å². The van der Waals surface area contributed by atoms with Gasteiger partial charge in [0.2, 0.25) is 15.9 Å². The van der Waals surface area contributed by atoms with E-state index >= 15 is 0 Å². The van der Waals surface area contributed by atoms with E-state index in [0.29, 0.717) is 31.6 Å². The van der Waals surface area contributed by atoms with Crippen LogP contribution in [-0.4, -0.2) is 37.0 Å². The van der Waals surface area contributed by atoms with Crippen molar-refractivity contribution in [3.63, 3.8) is 0 Å². The fourth-order valence-electron chi connectivity index (χ4n) is 3.52. The fraction of sp³-hybridized carbons (Fsp3) is 0.286. The molecule has 0 radical (unpaired) electrons. The number of rotatable bonds is 3. The van der Waals surface area contributed by atoms with E-state index in [1.807, 2.05) is 43.3 Å². The molecule has 1 amide bonds. The minimum Gasteiger partial charge on any atom is -0.325 e. The highest BCUT2D eigenvalue weighted by atomic mass is 32.2. The molecule has 4 rings (SSSR count). The van der Waals surface area contributed by atoms with Crippen LogP contribution >= 0.6 is 11.8 Å².